The molecule has 2 aromatic rings. The van der Waals surface area contributed by atoms with Gasteiger partial charge >= 0.3 is 11.8 Å². The highest BCUT2D eigenvalue weighted by Gasteiger charge is 2.36. The maximum absolute atomic E-state index is 12.8. The van der Waals surface area contributed by atoms with E-state index in [1.807, 2.05) is 60.7 Å². The summed E-state index contributed by atoms with van der Waals surface area (Å²) in [5.74, 6) is -1.45. The second-order valence-electron chi connectivity index (χ2n) is 6.88. The Balaban J connectivity index is 1.80. The molecule has 0 aromatic heterocycles. The molecule has 1 fully saturated rings. The molecule has 1 heterocycles. The van der Waals surface area contributed by atoms with Crippen molar-refractivity contribution in [2.75, 3.05) is 18.1 Å². The van der Waals surface area contributed by atoms with Gasteiger partial charge in [-0.25, -0.2) is 8.42 Å². The lowest BCUT2D eigenvalue weighted by molar-refractivity contribution is -0.147. The number of sulfone groups is 1. The molecule has 0 saturated carbocycles. The predicted molar refractivity (Wildman–Crippen MR) is 107 cm³/mol. The van der Waals surface area contributed by atoms with Crippen molar-refractivity contribution < 1.29 is 18.0 Å². The fourth-order valence-corrected chi connectivity index (χ4v) is 5.29. The topological polar surface area (TPSA) is 83.6 Å². The molecule has 148 valence electrons. The quantitative estimate of drug-likeness (QED) is 0.778. The van der Waals surface area contributed by atoms with Crippen LogP contribution in [0.1, 0.15) is 30.5 Å². The highest BCUT2D eigenvalue weighted by molar-refractivity contribution is 7.91. The zero-order chi connectivity index (χ0) is 20.1. The zero-order valence-electron chi connectivity index (χ0n) is 15.7. The lowest BCUT2D eigenvalue weighted by Crippen LogP contribution is -2.49. The number of benzene rings is 2. The SMILES string of the molecule is CCN(C(=O)C(=O)NC(c1ccccc1)c1ccccc1)C1CCS(=O)(=O)C1. The van der Waals surface area contributed by atoms with Gasteiger partial charge in [0, 0.05) is 12.6 Å². The van der Waals surface area contributed by atoms with Gasteiger partial charge in [0.05, 0.1) is 17.5 Å². The lowest BCUT2D eigenvalue weighted by Gasteiger charge is -2.27. The molecule has 1 unspecified atom stereocenters. The Kier molecular flexibility index (Phi) is 6.14. The predicted octanol–water partition coefficient (Wildman–Crippen LogP) is 1.93. The molecule has 2 amide bonds. The first-order valence-corrected chi connectivity index (χ1v) is 11.1. The van der Waals surface area contributed by atoms with E-state index >= 15 is 0 Å². The number of hydrogen-bond acceptors (Lipinski definition) is 4. The Labute approximate surface area is 165 Å². The summed E-state index contributed by atoms with van der Waals surface area (Å²) >= 11 is 0. The Morgan fingerprint density at radius 1 is 1.04 bits per heavy atom. The molecule has 1 aliphatic rings. The van der Waals surface area contributed by atoms with Crippen LogP contribution in [-0.4, -0.2) is 49.2 Å². The first-order valence-electron chi connectivity index (χ1n) is 9.33. The van der Waals surface area contributed by atoms with Crippen molar-refractivity contribution in [3.63, 3.8) is 0 Å². The molecule has 0 bridgehead atoms. The summed E-state index contributed by atoms with van der Waals surface area (Å²) in [6, 6.07) is 17.9. The van der Waals surface area contributed by atoms with Crippen LogP contribution in [0.3, 0.4) is 0 Å². The van der Waals surface area contributed by atoms with Crippen LogP contribution in [0.15, 0.2) is 60.7 Å². The number of nitrogens with one attached hydrogen (secondary N) is 1. The summed E-state index contributed by atoms with van der Waals surface area (Å²) in [6.45, 7) is 2.04. The molecule has 28 heavy (non-hydrogen) atoms. The fraction of sp³-hybridized carbons (Fsp3) is 0.333. The maximum atomic E-state index is 12.8. The highest BCUT2D eigenvalue weighted by Crippen LogP contribution is 2.22. The van der Waals surface area contributed by atoms with Crippen molar-refractivity contribution in [3.8, 4) is 0 Å². The molecule has 1 saturated heterocycles. The smallest absolute Gasteiger partial charge is 0.312 e. The van der Waals surface area contributed by atoms with Crippen molar-refractivity contribution in [3.05, 3.63) is 71.8 Å². The van der Waals surface area contributed by atoms with Gasteiger partial charge in [-0.2, -0.15) is 0 Å². The molecule has 1 N–H and O–H groups in total. The first-order chi connectivity index (χ1) is 13.4. The van der Waals surface area contributed by atoms with E-state index in [1.165, 1.54) is 4.90 Å². The third-order valence-electron chi connectivity index (χ3n) is 4.99. The van der Waals surface area contributed by atoms with Gasteiger partial charge < -0.3 is 10.2 Å². The molecular weight excluding hydrogens is 376 g/mol. The van der Waals surface area contributed by atoms with Crippen molar-refractivity contribution in [1.82, 2.24) is 10.2 Å². The number of likely N-dealkylation sites (N-methyl/N-ethyl adjacent to an activating group) is 1. The highest BCUT2D eigenvalue weighted by atomic mass is 32.2. The molecule has 6 nitrogen and oxygen atoms in total. The van der Waals surface area contributed by atoms with E-state index in [0.717, 1.165) is 11.1 Å². The van der Waals surface area contributed by atoms with Crippen LogP contribution in [-0.2, 0) is 19.4 Å². The Morgan fingerprint density at radius 3 is 2.00 bits per heavy atom. The van der Waals surface area contributed by atoms with Gasteiger partial charge in [0.1, 0.15) is 0 Å². The van der Waals surface area contributed by atoms with Crippen molar-refractivity contribution >= 4 is 21.7 Å². The van der Waals surface area contributed by atoms with Gasteiger partial charge in [-0.15, -0.1) is 0 Å². The molecule has 0 aliphatic carbocycles. The number of carbonyl (C=O) groups excluding carboxylic acids is 2. The van der Waals surface area contributed by atoms with Crippen LogP contribution in [0.2, 0.25) is 0 Å². The minimum atomic E-state index is -3.14. The van der Waals surface area contributed by atoms with Crippen LogP contribution < -0.4 is 5.32 Å². The minimum Gasteiger partial charge on any atom is -0.337 e. The number of nitrogens with zero attached hydrogens (tertiary/aromatic N) is 1. The molecule has 2 aromatic carbocycles. The third kappa shape index (κ3) is 4.59. The number of carbonyl (C=O) groups is 2. The monoisotopic (exact) mass is 400 g/mol. The standard InChI is InChI=1S/C21H24N2O4S/c1-2-23(18-13-14-28(26,27)15-18)21(25)20(24)22-19(16-9-5-3-6-10-16)17-11-7-4-8-12-17/h3-12,18-19H,2,13-15H2,1H3,(H,22,24). The van der Waals surface area contributed by atoms with Gasteiger partial charge in [-0.3, -0.25) is 9.59 Å². The van der Waals surface area contributed by atoms with Crippen molar-refractivity contribution in [1.29, 1.82) is 0 Å². The van der Waals surface area contributed by atoms with Crippen molar-refractivity contribution in [2.45, 2.75) is 25.4 Å². The van der Waals surface area contributed by atoms with E-state index in [-0.39, 0.29) is 18.1 Å². The van der Waals surface area contributed by atoms with Crippen LogP contribution >= 0.6 is 0 Å². The van der Waals surface area contributed by atoms with Gasteiger partial charge in [0.2, 0.25) is 0 Å². The van der Waals surface area contributed by atoms with Crippen LogP contribution in [0, 0.1) is 0 Å². The van der Waals surface area contributed by atoms with Gasteiger partial charge in [-0.05, 0) is 24.5 Å². The van der Waals surface area contributed by atoms with E-state index in [0.29, 0.717) is 6.42 Å². The molecule has 1 aliphatic heterocycles. The number of hydrogen-bond donors (Lipinski definition) is 1. The number of amides is 2. The first kappa shape index (κ1) is 20.1. The van der Waals surface area contributed by atoms with E-state index in [9.17, 15) is 18.0 Å². The zero-order valence-corrected chi connectivity index (χ0v) is 16.6. The summed E-state index contributed by atoms with van der Waals surface area (Å²) in [5.41, 5.74) is 1.72. The Morgan fingerprint density at radius 2 is 1.57 bits per heavy atom. The Bertz CT molecular complexity index is 890. The summed E-state index contributed by atoms with van der Waals surface area (Å²) in [5, 5.41) is 2.83. The van der Waals surface area contributed by atoms with Gasteiger partial charge in [-0.1, -0.05) is 60.7 Å². The molecule has 7 heteroatoms. The van der Waals surface area contributed by atoms with E-state index in [4.69, 9.17) is 0 Å². The summed E-state index contributed by atoms with van der Waals surface area (Å²) in [7, 11) is -3.14. The third-order valence-corrected chi connectivity index (χ3v) is 6.74. The fourth-order valence-electron chi connectivity index (χ4n) is 3.56. The summed E-state index contributed by atoms with van der Waals surface area (Å²) in [6.07, 6.45) is 0.371. The normalized spacial score (nSPS) is 18.0. The summed E-state index contributed by atoms with van der Waals surface area (Å²) in [4.78, 5) is 26.9. The van der Waals surface area contributed by atoms with Gasteiger partial charge in [0.25, 0.3) is 0 Å². The van der Waals surface area contributed by atoms with Crippen LogP contribution in [0.4, 0.5) is 0 Å². The average molecular weight is 401 g/mol. The summed E-state index contributed by atoms with van der Waals surface area (Å²) < 4.78 is 23.5. The largest absolute Gasteiger partial charge is 0.337 e. The van der Waals surface area contributed by atoms with Gasteiger partial charge in [0.15, 0.2) is 9.84 Å². The van der Waals surface area contributed by atoms with Crippen LogP contribution in [0.5, 0.6) is 0 Å². The molecule has 1 atom stereocenters. The molecular formula is C21H24N2O4S. The lowest BCUT2D eigenvalue weighted by atomic mass is 9.98. The van der Waals surface area contributed by atoms with Crippen molar-refractivity contribution in [2.24, 2.45) is 0 Å². The van der Waals surface area contributed by atoms with E-state index < -0.39 is 33.7 Å². The molecule has 0 radical (unpaired) electrons. The maximum Gasteiger partial charge on any atom is 0.312 e. The average Bonchev–Trinajstić information content (AvgIpc) is 3.07. The van der Waals surface area contributed by atoms with Crippen LogP contribution in [0.25, 0.3) is 0 Å². The van der Waals surface area contributed by atoms with E-state index in [2.05, 4.69) is 5.32 Å². The number of rotatable bonds is 5. The molecule has 0 spiro atoms. The second-order valence-corrected chi connectivity index (χ2v) is 9.10. The van der Waals surface area contributed by atoms with E-state index in [1.54, 1.807) is 6.92 Å². The second kappa shape index (κ2) is 8.56. The molecule has 3 rings (SSSR count). The Hall–Kier alpha value is -2.67. The minimum absolute atomic E-state index is 0.0553.